The van der Waals surface area contributed by atoms with Crippen molar-refractivity contribution in [3.8, 4) is 11.4 Å². The van der Waals surface area contributed by atoms with Crippen LogP contribution in [-0.2, 0) is 6.54 Å². The average Bonchev–Trinajstić information content (AvgIpc) is 3.35. The van der Waals surface area contributed by atoms with Crippen molar-refractivity contribution in [2.24, 2.45) is 0 Å². The van der Waals surface area contributed by atoms with Gasteiger partial charge in [0.15, 0.2) is 11.5 Å². The summed E-state index contributed by atoms with van der Waals surface area (Å²) in [5, 5.41) is 21.8. The lowest BCUT2D eigenvalue weighted by Gasteiger charge is -2.07. The van der Waals surface area contributed by atoms with Crippen LogP contribution in [-0.4, -0.2) is 46.1 Å². The van der Waals surface area contributed by atoms with Gasteiger partial charge in [0, 0.05) is 17.8 Å². The van der Waals surface area contributed by atoms with Crippen LogP contribution in [0, 0.1) is 0 Å². The van der Waals surface area contributed by atoms with E-state index >= 15 is 0 Å². The Balaban J connectivity index is 1.70. The van der Waals surface area contributed by atoms with Crippen LogP contribution in [0.5, 0.6) is 0 Å². The predicted molar refractivity (Wildman–Crippen MR) is 110 cm³/mol. The fourth-order valence-corrected chi connectivity index (χ4v) is 3.13. The van der Waals surface area contributed by atoms with Gasteiger partial charge in [-0.3, -0.25) is 9.48 Å². The molecule has 1 aromatic carbocycles. The molecule has 0 spiro atoms. The van der Waals surface area contributed by atoms with E-state index in [4.69, 9.17) is 5.11 Å². The third-order valence-corrected chi connectivity index (χ3v) is 4.53. The van der Waals surface area contributed by atoms with Crippen LogP contribution < -0.4 is 10.9 Å². The van der Waals surface area contributed by atoms with Gasteiger partial charge in [0.2, 0.25) is 5.95 Å². The Morgan fingerprint density at radius 1 is 1.07 bits per heavy atom. The number of hydrogen-bond donors (Lipinski definition) is 2. The van der Waals surface area contributed by atoms with E-state index in [1.165, 1.54) is 6.20 Å². The Kier molecular flexibility index (Phi) is 4.37. The van der Waals surface area contributed by atoms with Gasteiger partial charge in [-0.25, -0.2) is 15.0 Å². The zero-order valence-corrected chi connectivity index (χ0v) is 15.7. The lowest BCUT2D eigenvalue weighted by atomic mass is 10.2. The Hall–Kier alpha value is -4.18. The zero-order chi connectivity index (χ0) is 20.5. The summed E-state index contributed by atoms with van der Waals surface area (Å²) in [7, 11) is 0. The molecule has 0 aliphatic rings. The van der Waals surface area contributed by atoms with E-state index in [2.05, 4.69) is 30.5 Å². The maximum absolute atomic E-state index is 12.2. The summed E-state index contributed by atoms with van der Waals surface area (Å²) in [6.07, 6.45) is 4.85. The molecule has 30 heavy (non-hydrogen) atoms. The van der Waals surface area contributed by atoms with Crippen molar-refractivity contribution in [3.05, 3.63) is 71.4 Å². The van der Waals surface area contributed by atoms with E-state index in [0.717, 1.165) is 5.39 Å². The first-order chi connectivity index (χ1) is 14.7. The summed E-state index contributed by atoms with van der Waals surface area (Å²) in [4.78, 5) is 25.4. The number of nitrogens with one attached hydrogen (secondary N) is 1. The molecule has 0 unspecified atom stereocenters. The van der Waals surface area contributed by atoms with Crippen LogP contribution in [0.1, 0.15) is 0 Å². The molecule has 0 saturated carbocycles. The fourth-order valence-electron chi connectivity index (χ4n) is 3.13. The molecule has 0 atom stereocenters. The molecule has 4 aromatic heterocycles. The number of rotatable bonds is 5. The first kappa shape index (κ1) is 17.9. The summed E-state index contributed by atoms with van der Waals surface area (Å²) in [5.41, 5.74) is 1.88. The van der Waals surface area contributed by atoms with Gasteiger partial charge in [0.05, 0.1) is 30.4 Å². The van der Waals surface area contributed by atoms with E-state index in [1.54, 1.807) is 39.8 Å². The molecule has 0 aliphatic heterocycles. The van der Waals surface area contributed by atoms with Crippen molar-refractivity contribution in [3.63, 3.8) is 0 Å². The number of aliphatic hydroxyl groups is 1. The van der Waals surface area contributed by atoms with Gasteiger partial charge in [0.1, 0.15) is 5.69 Å². The van der Waals surface area contributed by atoms with Crippen LogP contribution in [0.2, 0.25) is 0 Å². The van der Waals surface area contributed by atoms with Gasteiger partial charge in [0.25, 0.3) is 5.56 Å². The number of nitrogens with zero attached hydrogens (tertiary/aromatic N) is 7. The minimum Gasteiger partial charge on any atom is -0.394 e. The first-order valence-corrected chi connectivity index (χ1v) is 9.24. The zero-order valence-electron chi connectivity index (χ0n) is 15.7. The molecule has 0 aliphatic carbocycles. The molecule has 0 fully saturated rings. The number of aromatic nitrogens is 7. The number of anilines is 2. The standard InChI is InChI=1S/C20H16N8O2/c29-10-9-27-12-13(11-22-27)17-25-18-14-5-1-2-6-15(14)23-20(28(18)26-17)24-16-7-3-4-8-21-19(16)30/h1-8,11-12,29H,9-10H2,(H,21,23,24,30). The SMILES string of the molecule is O=c1nccccc1Nc1nc2ccccc2c2nc(-c3cnn(CCO)c3)nn12. The van der Waals surface area contributed by atoms with Crippen molar-refractivity contribution in [1.82, 2.24) is 34.3 Å². The van der Waals surface area contributed by atoms with Gasteiger partial charge in [-0.15, -0.1) is 5.10 Å². The van der Waals surface area contributed by atoms with Crippen LogP contribution in [0.15, 0.2) is 65.8 Å². The van der Waals surface area contributed by atoms with Crippen molar-refractivity contribution in [1.29, 1.82) is 0 Å². The van der Waals surface area contributed by atoms with Crippen molar-refractivity contribution in [2.45, 2.75) is 6.54 Å². The Morgan fingerprint density at radius 2 is 1.93 bits per heavy atom. The van der Waals surface area contributed by atoms with Crippen molar-refractivity contribution < 1.29 is 5.11 Å². The van der Waals surface area contributed by atoms with Gasteiger partial charge in [-0.1, -0.05) is 18.2 Å². The molecule has 10 heteroatoms. The van der Waals surface area contributed by atoms with Crippen LogP contribution in [0.3, 0.4) is 0 Å². The predicted octanol–water partition coefficient (Wildman–Crippen LogP) is 1.63. The first-order valence-electron chi connectivity index (χ1n) is 9.24. The van der Waals surface area contributed by atoms with E-state index < -0.39 is 5.56 Å². The second kappa shape index (κ2) is 7.33. The number of hydrogen-bond acceptors (Lipinski definition) is 8. The third kappa shape index (κ3) is 3.14. The van der Waals surface area contributed by atoms with Crippen molar-refractivity contribution in [2.75, 3.05) is 11.9 Å². The minimum atomic E-state index is -0.409. The van der Waals surface area contributed by atoms with Gasteiger partial charge < -0.3 is 10.4 Å². The summed E-state index contributed by atoms with van der Waals surface area (Å²) < 4.78 is 3.18. The largest absolute Gasteiger partial charge is 0.394 e. The molecule has 2 N–H and O–H groups in total. The van der Waals surface area contributed by atoms with E-state index in [-0.39, 0.29) is 12.3 Å². The molecular weight excluding hydrogens is 384 g/mol. The monoisotopic (exact) mass is 400 g/mol. The highest BCUT2D eigenvalue weighted by atomic mass is 16.3. The summed E-state index contributed by atoms with van der Waals surface area (Å²) in [6, 6.07) is 12.6. The summed E-state index contributed by atoms with van der Waals surface area (Å²) >= 11 is 0. The molecule has 148 valence electrons. The van der Waals surface area contributed by atoms with E-state index in [9.17, 15) is 4.79 Å². The Bertz CT molecular complexity index is 1430. The lowest BCUT2D eigenvalue weighted by molar-refractivity contribution is 0.269. The molecule has 5 aromatic rings. The van der Waals surface area contributed by atoms with Crippen LogP contribution >= 0.6 is 0 Å². The smallest absolute Gasteiger partial charge is 0.293 e. The number of benzene rings is 1. The molecule has 4 heterocycles. The molecule has 0 bridgehead atoms. The van der Waals surface area contributed by atoms with Crippen LogP contribution in [0.25, 0.3) is 27.9 Å². The quantitative estimate of drug-likeness (QED) is 0.456. The normalized spacial score (nSPS) is 11.2. The lowest BCUT2D eigenvalue weighted by Crippen LogP contribution is -2.11. The molecule has 5 rings (SSSR count). The highest BCUT2D eigenvalue weighted by Crippen LogP contribution is 2.24. The minimum absolute atomic E-state index is 0.0115. The highest BCUT2D eigenvalue weighted by molar-refractivity contribution is 5.93. The van der Waals surface area contributed by atoms with Crippen LogP contribution in [0.4, 0.5) is 11.6 Å². The van der Waals surface area contributed by atoms with Gasteiger partial charge >= 0.3 is 0 Å². The van der Waals surface area contributed by atoms with Gasteiger partial charge in [-0.05, 0) is 24.3 Å². The fraction of sp³-hybridized carbons (Fsp3) is 0.100. The molecule has 0 radical (unpaired) electrons. The Morgan fingerprint density at radius 3 is 2.83 bits per heavy atom. The second-order valence-electron chi connectivity index (χ2n) is 6.51. The summed E-state index contributed by atoms with van der Waals surface area (Å²) in [5.74, 6) is 0.801. The Labute approximate surface area is 169 Å². The van der Waals surface area contributed by atoms with E-state index in [1.807, 2.05) is 24.3 Å². The third-order valence-electron chi connectivity index (χ3n) is 4.53. The van der Waals surface area contributed by atoms with Crippen molar-refractivity contribution >= 4 is 28.2 Å². The maximum atomic E-state index is 12.2. The molecular formula is C20H16N8O2. The average molecular weight is 400 g/mol. The molecule has 0 saturated heterocycles. The molecule has 0 amide bonds. The second-order valence-corrected chi connectivity index (χ2v) is 6.51. The topological polar surface area (TPSA) is 123 Å². The molecule has 10 nitrogen and oxygen atoms in total. The van der Waals surface area contributed by atoms with E-state index in [0.29, 0.717) is 35.0 Å². The summed E-state index contributed by atoms with van der Waals surface area (Å²) in [6.45, 7) is 0.372. The number of para-hydroxylation sites is 1. The number of fused-ring (bicyclic) bond motifs is 3. The number of aliphatic hydroxyl groups excluding tert-OH is 1. The van der Waals surface area contributed by atoms with Gasteiger partial charge in [-0.2, -0.15) is 9.61 Å². The highest BCUT2D eigenvalue weighted by Gasteiger charge is 2.16. The maximum Gasteiger partial charge on any atom is 0.293 e.